The number of rotatable bonds is 4. The quantitative estimate of drug-likeness (QED) is 0.368. The minimum Gasteiger partial charge on any atom is -0.318 e. The first-order valence-corrected chi connectivity index (χ1v) is 9.59. The molecule has 0 aliphatic heterocycles. The van der Waals surface area contributed by atoms with E-state index < -0.39 is 0 Å². The van der Waals surface area contributed by atoms with E-state index in [2.05, 4.69) is 64.0 Å². The van der Waals surface area contributed by atoms with E-state index in [0.29, 0.717) is 16.2 Å². The molecule has 0 radical (unpaired) electrons. The van der Waals surface area contributed by atoms with Gasteiger partial charge in [0.15, 0.2) is 5.82 Å². The molecule has 1 N–H and O–H groups in total. The number of H-pyrrole nitrogens is 1. The molecule has 146 valence electrons. The van der Waals surface area contributed by atoms with E-state index in [1.165, 1.54) is 16.3 Å². The van der Waals surface area contributed by atoms with Gasteiger partial charge in [-0.1, -0.05) is 29.8 Å². The van der Waals surface area contributed by atoms with Gasteiger partial charge < -0.3 is 4.57 Å². The van der Waals surface area contributed by atoms with Gasteiger partial charge in [0.25, 0.3) is 0 Å². The van der Waals surface area contributed by atoms with Crippen molar-refractivity contribution in [3.05, 3.63) is 87.7 Å². The molecule has 29 heavy (non-hydrogen) atoms. The van der Waals surface area contributed by atoms with Crippen molar-refractivity contribution < 1.29 is 4.39 Å². The minimum atomic E-state index is -0.379. The molecule has 2 aromatic carbocycles. The van der Waals surface area contributed by atoms with E-state index in [1.54, 1.807) is 24.4 Å². The highest BCUT2D eigenvalue weighted by Gasteiger charge is 2.13. The highest BCUT2D eigenvalue weighted by molar-refractivity contribution is 7.71. The second-order valence-electron chi connectivity index (χ2n) is 6.89. The highest BCUT2D eigenvalue weighted by Crippen LogP contribution is 2.22. The van der Waals surface area contributed by atoms with Crippen LogP contribution in [0.1, 0.15) is 22.5 Å². The number of nitrogens with one attached hydrogen (secondary N) is 1. The first kappa shape index (κ1) is 19.0. The Labute approximate surface area is 173 Å². The summed E-state index contributed by atoms with van der Waals surface area (Å²) in [7, 11) is 0. The highest BCUT2D eigenvalue weighted by atomic mass is 32.1. The Morgan fingerprint density at radius 2 is 1.79 bits per heavy atom. The monoisotopic (exact) mass is 405 g/mol. The van der Waals surface area contributed by atoms with Gasteiger partial charge in [0.2, 0.25) is 4.77 Å². The second-order valence-corrected chi connectivity index (χ2v) is 7.27. The first-order valence-electron chi connectivity index (χ1n) is 9.18. The summed E-state index contributed by atoms with van der Waals surface area (Å²) in [5, 5.41) is 11.3. The lowest BCUT2D eigenvalue weighted by atomic mass is 10.2. The lowest BCUT2D eigenvalue weighted by Gasteiger charge is -2.09. The maximum atomic E-state index is 14.2. The minimum absolute atomic E-state index is 0.298. The van der Waals surface area contributed by atoms with Gasteiger partial charge in [-0.15, -0.1) is 0 Å². The molecule has 0 spiro atoms. The predicted molar refractivity (Wildman–Crippen MR) is 116 cm³/mol. The Hall–Kier alpha value is -3.32. The van der Waals surface area contributed by atoms with Crippen LogP contribution in [-0.4, -0.2) is 25.7 Å². The average Bonchev–Trinajstić information content (AvgIpc) is 3.20. The Balaban J connectivity index is 1.74. The Kier molecular flexibility index (Phi) is 4.98. The molecule has 0 aliphatic rings. The van der Waals surface area contributed by atoms with Crippen molar-refractivity contribution in [2.45, 2.75) is 20.8 Å². The number of aromatic amines is 1. The van der Waals surface area contributed by atoms with Crippen LogP contribution < -0.4 is 0 Å². The Morgan fingerprint density at radius 1 is 1.07 bits per heavy atom. The predicted octanol–water partition coefficient (Wildman–Crippen LogP) is 5.34. The van der Waals surface area contributed by atoms with Crippen molar-refractivity contribution in [3.63, 3.8) is 0 Å². The zero-order valence-electron chi connectivity index (χ0n) is 16.3. The topological polar surface area (TPSA) is 50.9 Å². The van der Waals surface area contributed by atoms with Crippen molar-refractivity contribution in [3.8, 4) is 17.1 Å². The maximum Gasteiger partial charge on any atom is 0.216 e. The molecular weight excluding hydrogens is 385 g/mol. The number of benzene rings is 2. The van der Waals surface area contributed by atoms with Crippen LogP contribution in [0.3, 0.4) is 0 Å². The van der Waals surface area contributed by atoms with Crippen molar-refractivity contribution in [1.29, 1.82) is 0 Å². The molecule has 5 nitrogen and oxygen atoms in total. The van der Waals surface area contributed by atoms with Crippen molar-refractivity contribution in [2.24, 2.45) is 5.10 Å². The zero-order chi connectivity index (χ0) is 20.5. The molecule has 0 saturated carbocycles. The van der Waals surface area contributed by atoms with Gasteiger partial charge in [-0.3, -0.25) is 0 Å². The molecule has 4 rings (SSSR count). The third-order valence-electron chi connectivity index (χ3n) is 4.84. The molecule has 0 bridgehead atoms. The van der Waals surface area contributed by atoms with Gasteiger partial charge >= 0.3 is 0 Å². The Morgan fingerprint density at radius 3 is 2.52 bits per heavy atom. The third-order valence-corrected chi connectivity index (χ3v) is 5.10. The number of aromatic nitrogens is 4. The zero-order valence-corrected chi connectivity index (χ0v) is 17.2. The SMILES string of the molecule is Cc1ccc(-n2c(C)cc(/C=N/n3c(-c4ccccc4F)n[nH]c3=S)c2C)cc1. The normalized spacial score (nSPS) is 11.4. The van der Waals surface area contributed by atoms with Crippen LogP contribution in [0.15, 0.2) is 59.7 Å². The van der Waals surface area contributed by atoms with Gasteiger partial charge in [-0.2, -0.15) is 14.9 Å². The van der Waals surface area contributed by atoms with E-state index in [0.717, 1.165) is 22.6 Å². The van der Waals surface area contributed by atoms with Crippen molar-refractivity contribution in [2.75, 3.05) is 0 Å². The standard InChI is InChI=1S/C22H20FN5S/c1-14-8-10-18(11-9-14)27-15(2)12-17(16(27)3)13-24-28-21(25-26-22(28)29)19-6-4-5-7-20(19)23/h4-13H,1-3H3,(H,26,29)/b24-13+. The molecular formula is C22H20FN5S. The second kappa shape index (κ2) is 7.60. The maximum absolute atomic E-state index is 14.2. The van der Waals surface area contributed by atoms with Crippen molar-refractivity contribution >= 4 is 18.4 Å². The van der Waals surface area contributed by atoms with E-state index in [4.69, 9.17) is 12.2 Å². The number of hydrogen-bond donors (Lipinski definition) is 1. The first-order chi connectivity index (χ1) is 14.0. The number of nitrogens with zero attached hydrogens (tertiary/aromatic N) is 4. The fourth-order valence-corrected chi connectivity index (χ4v) is 3.52. The van der Waals surface area contributed by atoms with Crippen LogP contribution in [0.25, 0.3) is 17.1 Å². The number of halogens is 1. The largest absolute Gasteiger partial charge is 0.318 e. The number of hydrogen-bond acceptors (Lipinski definition) is 3. The summed E-state index contributed by atoms with van der Waals surface area (Å²) in [5.74, 6) is -0.0489. The lowest BCUT2D eigenvalue weighted by Crippen LogP contribution is -2.00. The van der Waals surface area contributed by atoms with Crippen LogP contribution in [0.2, 0.25) is 0 Å². The molecule has 7 heteroatoms. The van der Waals surface area contributed by atoms with E-state index >= 15 is 0 Å². The average molecular weight is 406 g/mol. The molecule has 4 aromatic rings. The summed E-state index contributed by atoms with van der Waals surface area (Å²) in [6.45, 7) is 6.16. The van der Waals surface area contributed by atoms with Crippen molar-refractivity contribution in [1.82, 2.24) is 19.4 Å². The fourth-order valence-electron chi connectivity index (χ4n) is 3.35. The molecule has 0 unspecified atom stereocenters. The summed E-state index contributed by atoms with van der Waals surface area (Å²) >= 11 is 5.29. The molecule has 0 fully saturated rings. The number of aryl methyl sites for hydroxylation is 2. The molecule has 0 amide bonds. The summed E-state index contributed by atoms with van der Waals surface area (Å²) in [6, 6.07) is 16.8. The smallest absolute Gasteiger partial charge is 0.216 e. The van der Waals surface area contributed by atoms with Gasteiger partial charge in [0.05, 0.1) is 11.8 Å². The summed E-state index contributed by atoms with van der Waals surface area (Å²) in [6.07, 6.45) is 1.72. The molecule has 2 heterocycles. The molecule has 0 atom stereocenters. The van der Waals surface area contributed by atoms with E-state index in [9.17, 15) is 4.39 Å². The van der Waals surface area contributed by atoms with Crippen LogP contribution >= 0.6 is 12.2 Å². The summed E-state index contributed by atoms with van der Waals surface area (Å²) in [4.78, 5) is 0. The summed E-state index contributed by atoms with van der Waals surface area (Å²) in [5.41, 5.74) is 5.74. The van der Waals surface area contributed by atoms with Gasteiger partial charge in [-0.25, -0.2) is 9.49 Å². The third kappa shape index (κ3) is 3.56. The molecule has 0 aliphatic carbocycles. The molecule has 0 saturated heterocycles. The van der Waals surface area contributed by atoms with Crippen LogP contribution in [0, 0.1) is 31.4 Å². The summed E-state index contributed by atoms with van der Waals surface area (Å²) < 4.78 is 18.1. The molecule has 2 aromatic heterocycles. The Bertz CT molecular complexity index is 1260. The van der Waals surface area contributed by atoms with E-state index in [-0.39, 0.29) is 5.82 Å². The van der Waals surface area contributed by atoms with Gasteiger partial charge in [0.1, 0.15) is 5.82 Å². The fraction of sp³-hybridized carbons (Fsp3) is 0.136. The van der Waals surface area contributed by atoms with Crippen LogP contribution in [-0.2, 0) is 0 Å². The lowest BCUT2D eigenvalue weighted by molar-refractivity contribution is 0.628. The van der Waals surface area contributed by atoms with E-state index in [1.807, 2.05) is 6.92 Å². The van der Waals surface area contributed by atoms with Crippen LogP contribution in [0.5, 0.6) is 0 Å². The van der Waals surface area contributed by atoms with Gasteiger partial charge in [0, 0.05) is 22.6 Å². The van der Waals surface area contributed by atoms with Crippen LogP contribution in [0.4, 0.5) is 4.39 Å². The van der Waals surface area contributed by atoms with Gasteiger partial charge in [-0.05, 0) is 63.3 Å².